The van der Waals surface area contributed by atoms with Gasteiger partial charge in [0.2, 0.25) is 0 Å². The zero-order valence-corrected chi connectivity index (χ0v) is 13.7. The number of carbonyl (C=O) groups is 1. The van der Waals surface area contributed by atoms with Crippen molar-refractivity contribution in [2.24, 2.45) is 0 Å². The van der Waals surface area contributed by atoms with Gasteiger partial charge in [-0.05, 0) is 35.9 Å². The highest BCUT2D eigenvalue weighted by Crippen LogP contribution is 2.24. The lowest BCUT2D eigenvalue weighted by molar-refractivity contribution is 0.0697. The molecule has 1 N–H and O–H groups in total. The molecule has 0 aliphatic heterocycles. The highest BCUT2D eigenvalue weighted by molar-refractivity contribution is 9.10. The summed E-state index contributed by atoms with van der Waals surface area (Å²) in [7, 11) is -3.65. The summed E-state index contributed by atoms with van der Waals surface area (Å²) in [4.78, 5) is 11.0. The Morgan fingerprint density at radius 1 is 1.19 bits per heavy atom. The standard InChI is InChI=1S/C14H10BrClO4S/c15-10-3-1-2-9(6-10)8-21(19,20)11-4-5-13(16)12(7-11)14(17)18/h1-7H,8H2,(H,17,18). The van der Waals surface area contributed by atoms with Crippen molar-refractivity contribution in [3.63, 3.8) is 0 Å². The van der Waals surface area contributed by atoms with E-state index in [0.717, 1.165) is 10.5 Å². The zero-order valence-electron chi connectivity index (χ0n) is 10.6. The second kappa shape index (κ2) is 6.17. The van der Waals surface area contributed by atoms with Crippen molar-refractivity contribution >= 4 is 43.3 Å². The molecule has 0 aliphatic rings. The van der Waals surface area contributed by atoms with Crippen LogP contribution in [0.4, 0.5) is 0 Å². The van der Waals surface area contributed by atoms with Crippen molar-refractivity contribution in [1.29, 1.82) is 0 Å². The molecule has 0 saturated heterocycles. The number of carboxylic acid groups (broad SMARTS) is 1. The summed E-state index contributed by atoms with van der Waals surface area (Å²) in [6.45, 7) is 0. The number of hydrogen-bond acceptors (Lipinski definition) is 3. The second-order valence-electron chi connectivity index (χ2n) is 4.34. The van der Waals surface area contributed by atoms with Crippen LogP contribution in [0.1, 0.15) is 15.9 Å². The maximum absolute atomic E-state index is 12.3. The largest absolute Gasteiger partial charge is 0.478 e. The van der Waals surface area contributed by atoms with Crippen LogP contribution in [0, 0.1) is 0 Å². The first kappa shape index (κ1) is 16.0. The summed E-state index contributed by atoms with van der Waals surface area (Å²) in [5.74, 6) is -1.48. The van der Waals surface area contributed by atoms with Gasteiger partial charge in [0.1, 0.15) is 0 Å². The van der Waals surface area contributed by atoms with E-state index in [0.29, 0.717) is 5.56 Å². The predicted octanol–water partition coefficient (Wildman–Crippen LogP) is 3.77. The van der Waals surface area contributed by atoms with E-state index >= 15 is 0 Å². The molecule has 0 atom stereocenters. The zero-order chi connectivity index (χ0) is 15.6. The first-order valence-electron chi connectivity index (χ1n) is 5.79. The molecule has 0 heterocycles. The summed E-state index contributed by atoms with van der Waals surface area (Å²) >= 11 is 9.02. The first-order chi connectivity index (χ1) is 9.79. The van der Waals surface area contributed by atoms with E-state index in [1.165, 1.54) is 12.1 Å². The molecule has 21 heavy (non-hydrogen) atoms. The average Bonchev–Trinajstić information content (AvgIpc) is 2.38. The van der Waals surface area contributed by atoms with Gasteiger partial charge in [0.15, 0.2) is 9.84 Å². The minimum absolute atomic E-state index is 0.00362. The van der Waals surface area contributed by atoms with Crippen LogP contribution in [0.25, 0.3) is 0 Å². The highest BCUT2D eigenvalue weighted by Gasteiger charge is 2.19. The molecular weight excluding hydrogens is 380 g/mol. The number of hydrogen-bond donors (Lipinski definition) is 1. The summed E-state index contributed by atoms with van der Waals surface area (Å²) in [5.41, 5.74) is 0.378. The van der Waals surface area contributed by atoms with Crippen LogP contribution in [-0.2, 0) is 15.6 Å². The van der Waals surface area contributed by atoms with Crippen LogP contribution in [0.2, 0.25) is 5.02 Å². The molecule has 0 radical (unpaired) electrons. The molecule has 7 heteroatoms. The summed E-state index contributed by atoms with van der Waals surface area (Å²) in [6, 6.07) is 10.6. The molecule has 0 saturated carbocycles. The van der Waals surface area contributed by atoms with Crippen molar-refractivity contribution < 1.29 is 18.3 Å². The SMILES string of the molecule is O=C(O)c1cc(S(=O)(=O)Cc2cccc(Br)c2)ccc1Cl. The van der Waals surface area contributed by atoms with Gasteiger partial charge < -0.3 is 5.11 Å². The molecule has 2 aromatic rings. The average molecular weight is 390 g/mol. The Hall–Kier alpha value is -1.37. The van der Waals surface area contributed by atoms with E-state index in [4.69, 9.17) is 16.7 Å². The molecule has 0 spiro atoms. The van der Waals surface area contributed by atoms with Crippen LogP contribution in [0.15, 0.2) is 51.8 Å². The van der Waals surface area contributed by atoms with Gasteiger partial charge in [-0.2, -0.15) is 0 Å². The van der Waals surface area contributed by atoms with Crippen molar-refractivity contribution in [3.8, 4) is 0 Å². The predicted molar refractivity (Wildman–Crippen MR) is 83.4 cm³/mol. The van der Waals surface area contributed by atoms with Crippen molar-refractivity contribution in [2.45, 2.75) is 10.6 Å². The van der Waals surface area contributed by atoms with Gasteiger partial charge in [0.05, 0.1) is 21.2 Å². The number of carboxylic acids is 1. The fourth-order valence-electron chi connectivity index (χ4n) is 1.79. The first-order valence-corrected chi connectivity index (χ1v) is 8.62. The Morgan fingerprint density at radius 3 is 2.52 bits per heavy atom. The minimum atomic E-state index is -3.65. The minimum Gasteiger partial charge on any atom is -0.478 e. The molecule has 110 valence electrons. The van der Waals surface area contributed by atoms with E-state index in [9.17, 15) is 13.2 Å². The molecular formula is C14H10BrClO4S. The fourth-order valence-corrected chi connectivity index (χ4v) is 3.79. The number of benzene rings is 2. The summed E-state index contributed by atoms with van der Waals surface area (Å²) in [5, 5.41) is 9.00. The third kappa shape index (κ3) is 3.84. The van der Waals surface area contributed by atoms with Crippen LogP contribution in [0.5, 0.6) is 0 Å². The fraction of sp³-hybridized carbons (Fsp3) is 0.0714. The Labute approximate surface area is 135 Å². The molecule has 0 aliphatic carbocycles. The molecule has 0 unspecified atom stereocenters. The van der Waals surface area contributed by atoms with Crippen molar-refractivity contribution in [3.05, 3.63) is 63.1 Å². The van der Waals surface area contributed by atoms with Gasteiger partial charge in [0, 0.05) is 4.47 Å². The molecule has 4 nitrogen and oxygen atoms in total. The van der Waals surface area contributed by atoms with Gasteiger partial charge in [-0.3, -0.25) is 0 Å². The van der Waals surface area contributed by atoms with Crippen molar-refractivity contribution in [2.75, 3.05) is 0 Å². The summed E-state index contributed by atoms with van der Waals surface area (Å²) < 4.78 is 25.5. The third-order valence-corrected chi connectivity index (χ3v) is 5.28. The third-order valence-electron chi connectivity index (χ3n) is 2.77. The Bertz CT molecular complexity index is 802. The van der Waals surface area contributed by atoms with Crippen LogP contribution >= 0.6 is 27.5 Å². The molecule has 0 aromatic heterocycles. The molecule has 0 amide bonds. The lowest BCUT2D eigenvalue weighted by atomic mass is 10.2. The van der Waals surface area contributed by atoms with E-state index in [2.05, 4.69) is 15.9 Å². The lowest BCUT2D eigenvalue weighted by Crippen LogP contribution is -2.07. The van der Waals surface area contributed by atoms with Gasteiger partial charge in [-0.25, -0.2) is 13.2 Å². The van der Waals surface area contributed by atoms with Gasteiger partial charge in [-0.15, -0.1) is 0 Å². The number of halogens is 2. The second-order valence-corrected chi connectivity index (χ2v) is 7.65. The highest BCUT2D eigenvalue weighted by atomic mass is 79.9. The maximum atomic E-state index is 12.3. The van der Waals surface area contributed by atoms with Crippen LogP contribution in [0.3, 0.4) is 0 Å². The Kier molecular flexibility index (Phi) is 4.70. The normalized spacial score (nSPS) is 11.3. The van der Waals surface area contributed by atoms with E-state index < -0.39 is 15.8 Å². The lowest BCUT2D eigenvalue weighted by Gasteiger charge is -2.07. The van der Waals surface area contributed by atoms with E-state index in [1.807, 2.05) is 0 Å². The molecule has 2 aromatic carbocycles. The van der Waals surface area contributed by atoms with Crippen LogP contribution < -0.4 is 0 Å². The van der Waals surface area contributed by atoms with Crippen LogP contribution in [-0.4, -0.2) is 19.5 Å². The Balaban J connectivity index is 2.40. The number of aromatic carboxylic acids is 1. The van der Waals surface area contributed by atoms with E-state index in [1.54, 1.807) is 24.3 Å². The summed E-state index contributed by atoms with van der Waals surface area (Å²) in [6.07, 6.45) is 0. The molecule has 0 fully saturated rings. The quantitative estimate of drug-likeness (QED) is 0.864. The van der Waals surface area contributed by atoms with E-state index in [-0.39, 0.29) is 21.2 Å². The monoisotopic (exact) mass is 388 g/mol. The van der Waals surface area contributed by atoms with Gasteiger partial charge in [-0.1, -0.05) is 39.7 Å². The number of sulfone groups is 1. The smallest absolute Gasteiger partial charge is 0.337 e. The topological polar surface area (TPSA) is 71.4 Å². The molecule has 2 rings (SSSR count). The van der Waals surface area contributed by atoms with Gasteiger partial charge >= 0.3 is 5.97 Å². The Morgan fingerprint density at radius 2 is 1.90 bits per heavy atom. The van der Waals surface area contributed by atoms with Gasteiger partial charge in [0.25, 0.3) is 0 Å². The maximum Gasteiger partial charge on any atom is 0.337 e. The van der Waals surface area contributed by atoms with Crippen molar-refractivity contribution in [1.82, 2.24) is 0 Å². The number of rotatable bonds is 4. The molecule has 0 bridgehead atoms.